The molecule has 0 aliphatic carbocycles. The zero-order chi connectivity index (χ0) is 31.6. The fraction of sp³-hybridized carbons (Fsp3) is 0.229. The van der Waals surface area contributed by atoms with Crippen molar-refractivity contribution in [2.75, 3.05) is 5.75 Å². The van der Waals surface area contributed by atoms with Gasteiger partial charge < -0.3 is 14.6 Å². The molecule has 1 saturated heterocycles. The third kappa shape index (κ3) is 6.10. The minimum absolute atomic E-state index is 0.0133. The number of aliphatic hydroxyl groups excluding tert-OH is 1. The van der Waals surface area contributed by atoms with E-state index < -0.39 is 6.29 Å². The van der Waals surface area contributed by atoms with E-state index in [1.54, 1.807) is 28.9 Å². The summed E-state index contributed by atoms with van der Waals surface area (Å²) in [6.45, 7) is 0.188. The zero-order valence-electron chi connectivity index (χ0n) is 25.0. The maximum Gasteiger partial charge on any atom is 0.261 e. The molecule has 46 heavy (non-hydrogen) atoms. The smallest absolute Gasteiger partial charge is 0.261 e. The van der Waals surface area contributed by atoms with Crippen molar-refractivity contribution < 1.29 is 24.2 Å². The van der Waals surface area contributed by atoms with Crippen molar-refractivity contribution in [1.29, 1.82) is 0 Å². The maximum atomic E-state index is 12.9. The second-order valence-corrected chi connectivity index (χ2v) is 12.3. The number of carbonyl (C=O) groups excluding carboxylic acids is 2. The number of tetrazole rings is 1. The molecular weight excluding hydrogens is 602 g/mol. The number of aromatic nitrogens is 4. The number of benzene rings is 4. The van der Waals surface area contributed by atoms with E-state index in [2.05, 4.69) is 15.5 Å². The Balaban J connectivity index is 1.08. The standard InChI is InChI=1S/C35H31N5O5S/c1-39-35(36-37-38-39)46-21-28-18-31(25-11-9-22(20-41)10-12-25)45-34(44-28)26-15-13-24(14-16-26)27-6-4-5-23(17-27)19-40-32(42)29-7-2-3-8-30(29)33(40)43/h2-17,28,31,34,41H,18-21H2,1H3. The van der Waals surface area contributed by atoms with Crippen molar-refractivity contribution in [2.45, 2.75) is 43.2 Å². The van der Waals surface area contributed by atoms with Gasteiger partial charge in [-0.2, -0.15) is 0 Å². The lowest BCUT2D eigenvalue weighted by atomic mass is 9.99. The summed E-state index contributed by atoms with van der Waals surface area (Å²) in [5, 5.41) is 21.9. The monoisotopic (exact) mass is 633 g/mol. The summed E-state index contributed by atoms with van der Waals surface area (Å²) in [6.07, 6.45) is -0.256. The molecule has 3 atom stereocenters. The first-order chi connectivity index (χ1) is 22.5. The first kappa shape index (κ1) is 30.0. The van der Waals surface area contributed by atoms with Gasteiger partial charge in [-0.15, -0.1) is 5.10 Å². The normalized spacial score (nSPS) is 19.4. The van der Waals surface area contributed by atoms with Gasteiger partial charge in [0.1, 0.15) is 0 Å². The van der Waals surface area contributed by atoms with Crippen LogP contribution in [0.3, 0.4) is 0 Å². The van der Waals surface area contributed by atoms with E-state index in [-0.39, 0.29) is 37.2 Å². The van der Waals surface area contributed by atoms with Gasteiger partial charge in [-0.1, -0.05) is 90.6 Å². The number of fused-ring (bicyclic) bond motifs is 1. The Bertz CT molecular complexity index is 1840. The second kappa shape index (κ2) is 13.0. The third-order valence-electron chi connectivity index (χ3n) is 8.26. The van der Waals surface area contributed by atoms with Crippen molar-refractivity contribution in [2.24, 2.45) is 7.05 Å². The Labute approximate surface area is 270 Å². The minimum atomic E-state index is -0.589. The lowest BCUT2D eigenvalue weighted by Gasteiger charge is -2.36. The van der Waals surface area contributed by atoms with Gasteiger partial charge in [0.2, 0.25) is 5.16 Å². The van der Waals surface area contributed by atoms with Crippen molar-refractivity contribution in [1.82, 2.24) is 25.1 Å². The number of amides is 2. The van der Waals surface area contributed by atoms with Crippen LogP contribution in [0.25, 0.3) is 11.1 Å². The summed E-state index contributed by atoms with van der Waals surface area (Å²) < 4.78 is 14.6. The van der Waals surface area contributed by atoms with E-state index in [0.717, 1.165) is 33.4 Å². The van der Waals surface area contributed by atoms with Crippen molar-refractivity contribution in [3.63, 3.8) is 0 Å². The van der Waals surface area contributed by atoms with Crippen LogP contribution in [0.4, 0.5) is 0 Å². The minimum Gasteiger partial charge on any atom is -0.392 e. The molecule has 232 valence electrons. The number of ether oxygens (including phenoxy) is 2. The Kier molecular flexibility index (Phi) is 8.46. The molecular formula is C35H31N5O5S. The highest BCUT2D eigenvalue weighted by Gasteiger charge is 2.35. The summed E-state index contributed by atoms with van der Waals surface area (Å²) in [5.41, 5.74) is 6.47. The van der Waals surface area contributed by atoms with E-state index >= 15 is 0 Å². The maximum absolute atomic E-state index is 12.9. The van der Waals surface area contributed by atoms with Crippen LogP contribution in [-0.2, 0) is 29.7 Å². The van der Waals surface area contributed by atoms with E-state index in [0.29, 0.717) is 28.5 Å². The fourth-order valence-corrected chi connectivity index (χ4v) is 6.65. The van der Waals surface area contributed by atoms with Gasteiger partial charge in [0.15, 0.2) is 6.29 Å². The molecule has 0 spiro atoms. The molecule has 2 aliphatic heterocycles. The Morgan fingerprint density at radius 2 is 1.54 bits per heavy atom. The average molecular weight is 634 g/mol. The molecule has 5 aromatic rings. The molecule has 2 amide bonds. The largest absolute Gasteiger partial charge is 0.392 e. The van der Waals surface area contributed by atoms with Crippen LogP contribution in [-0.4, -0.2) is 53.9 Å². The molecule has 1 aromatic heterocycles. The molecule has 3 unspecified atom stereocenters. The first-order valence-corrected chi connectivity index (χ1v) is 16.0. The summed E-state index contributed by atoms with van der Waals surface area (Å²) >= 11 is 1.54. The molecule has 11 heteroatoms. The van der Waals surface area contributed by atoms with Gasteiger partial charge in [-0.25, -0.2) is 4.68 Å². The van der Waals surface area contributed by atoms with Crippen LogP contribution in [0.5, 0.6) is 0 Å². The van der Waals surface area contributed by atoms with Gasteiger partial charge in [0, 0.05) is 24.8 Å². The first-order valence-electron chi connectivity index (χ1n) is 15.0. The van der Waals surface area contributed by atoms with E-state index in [1.165, 1.54) is 16.7 Å². The molecule has 2 aliphatic rings. The highest BCUT2D eigenvalue weighted by Crippen LogP contribution is 2.40. The third-order valence-corrected chi connectivity index (χ3v) is 9.40. The van der Waals surface area contributed by atoms with Crippen LogP contribution in [0.2, 0.25) is 0 Å². The van der Waals surface area contributed by atoms with Gasteiger partial charge in [0.25, 0.3) is 11.8 Å². The van der Waals surface area contributed by atoms with Gasteiger partial charge >= 0.3 is 0 Å². The number of hydrogen-bond acceptors (Lipinski definition) is 9. The van der Waals surface area contributed by atoms with Crippen molar-refractivity contribution >= 4 is 23.6 Å². The van der Waals surface area contributed by atoms with Crippen molar-refractivity contribution in [3.8, 4) is 11.1 Å². The highest BCUT2D eigenvalue weighted by atomic mass is 32.2. The predicted molar refractivity (Wildman–Crippen MR) is 170 cm³/mol. The predicted octanol–water partition coefficient (Wildman–Crippen LogP) is 5.50. The Morgan fingerprint density at radius 3 is 2.22 bits per heavy atom. The van der Waals surface area contributed by atoms with Crippen LogP contribution in [0.15, 0.2) is 102 Å². The summed E-state index contributed by atoms with van der Waals surface area (Å²) in [6, 6.07) is 30.7. The second-order valence-electron chi connectivity index (χ2n) is 11.3. The SMILES string of the molecule is Cn1nnnc1SCC1CC(c2ccc(CO)cc2)OC(c2ccc(-c3cccc(CN4C(=O)c5ccccc5C4=O)c3)cc2)O1. The van der Waals surface area contributed by atoms with Gasteiger partial charge in [0.05, 0.1) is 36.5 Å². The Morgan fingerprint density at radius 1 is 0.826 bits per heavy atom. The van der Waals surface area contributed by atoms with Crippen LogP contribution >= 0.6 is 11.8 Å². The zero-order valence-corrected chi connectivity index (χ0v) is 25.8. The quantitative estimate of drug-likeness (QED) is 0.166. The molecule has 0 saturated carbocycles. The van der Waals surface area contributed by atoms with E-state index in [9.17, 15) is 14.7 Å². The molecule has 3 heterocycles. The van der Waals surface area contributed by atoms with E-state index in [4.69, 9.17) is 9.47 Å². The molecule has 4 aromatic carbocycles. The molecule has 10 nitrogen and oxygen atoms in total. The molecule has 0 radical (unpaired) electrons. The lowest BCUT2D eigenvalue weighted by Crippen LogP contribution is -2.31. The molecule has 1 fully saturated rings. The number of imide groups is 1. The number of hydrogen-bond donors (Lipinski definition) is 1. The van der Waals surface area contributed by atoms with E-state index in [1.807, 2.05) is 79.8 Å². The number of nitrogens with zero attached hydrogens (tertiary/aromatic N) is 5. The van der Waals surface area contributed by atoms with Crippen LogP contribution in [0.1, 0.15) is 61.8 Å². The lowest BCUT2D eigenvalue weighted by molar-refractivity contribution is -0.245. The Hall–Kier alpha value is -4.68. The van der Waals surface area contributed by atoms with Crippen LogP contribution in [0, 0.1) is 0 Å². The van der Waals surface area contributed by atoms with Crippen molar-refractivity contribution in [3.05, 3.63) is 130 Å². The summed E-state index contributed by atoms with van der Waals surface area (Å²) in [4.78, 5) is 27.1. The topological polar surface area (TPSA) is 120 Å². The number of aliphatic hydroxyl groups is 1. The summed E-state index contributed by atoms with van der Waals surface area (Å²) in [5.74, 6) is 0.114. The number of aryl methyl sites for hydroxylation is 1. The fourth-order valence-electron chi connectivity index (χ4n) is 5.78. The summed E-state index contributed by atoms with van der Waals surface area (Å²) in [7, 11) is 1.81. The number of rotatable bonds is 9. The average Bonchev–Trinajstić information content (AvgIpc) is 3.63. The number of carbonyl (C=O) groups is 2. The number of thioether (sulfide) groups is 1. The van der Waals surface area contributed by atoms with Crippen LogP contribution < -0.4 is 0 Å². The molecule has 7 rings (SSSR count). The molecule has 0 bridgehead atoms. The molecule has 1 N–H and O–H groups in total. The van der Waals surface area contributed by atoms with Gasteiger partial charge in [-0.3, -0.25) is 14.5 Å². The highest BCUT2D eigenvalue weighted by molar-refractivity contribution is 7.99. The van der Waals surface area contributed by atoms with Gasteiger partial charge in [-0.05, 0) is 56.4 Å².